The lowest BCUT2D eigenvalue weighted by molar-refractivity contribution is -0.132. The van der Waals surface area contributed by atoms with Gasteiger partial charge >= 0.3 is 0 Å². The number of nitrogens with zero attached hydrogens (tertiary/aromatic N) is 3. The summed E-state index contributed by atoms with van der Waals surface area (Å²) in [4.78, 5) is 21.4. The number of thiazole rings is 1. The van der Waals surface area contributed by atoms with Crippen molar-refractivity contribution in [3.63, 3.8) is 0 Å². The van der Waals surface area contributed by atoms with Gasteiger partial charge in [0.15, 0.2) is 5.13 Å². The van der Waals surface area contributed by atoms with Crippen LogP contribution in [0.4, 0.5) is 5.13 Å². The zero-order valence-electron chi connectivity index (χ0n) is 13.7. The first-order valence-electron chi connectivity index (χ1n) is 8.33. The smallest absolute Gasteiger partial charge is 0.226 e. The van der Waals surface area contributed by atoms with E-state index in [4.69, 9.17) is 4.74 Å². The molecule has 2 fully saturated rings. The van der Waals surface area contributed by atoms with Gasteiger partial charge in [0.25, 0.3) is 0 Å². The minimum atomic E-state index is 0.157. The molecule has 1 saturated carbocycles. The Morgan fingerprint density at radius 3 is 2.58 bits per heavy atom. The second-order valence-corrected chi connectivity index (χ2v) is 7.22. The predicted octanol–water partition coefficient (Wildman–Crippen LogP) is 2.60. The topological polar surface area (TPSA) is 45.7 Å². The van der Waals surface area contributed by atoms with Gasteiger partial charge in [-0.25, -0.2) is 4.98 Å². The summed E-state index contributed by atoms with van der Waals surface area (Å²) in [6.45, 7) is 3.34. The quantitative estimate of drug-likeness (QED) is 0.856. The molecule has 0 spiro atoms. The van der Waals surface area contributed by atoms with E-state index in [0.29, 0.717) is 11.8 Å². The SMILES string of the molecule is COc1ccc(C2CC2C(=O)N2CCN(c3nccs3)CC2)cc1. The highest BCUT2D eigenvalue weighted by Crippen LogP contribution is 2.48. The standard InChI is InChI=1S/C18H21N3O2S/c1-23-14-4-2-13(3-5-14)15-12-16(15)17(22)20-7-9-21(10-8-20)18-19-6-11-24-18/h2-6,11,15-16H,7-10,12H2,1H3. The largest absolute Gasteiger partial charge is 0.497 e. The van der Waals surface area contributed by atoms with Crippen molar-refractivity contribution < 1.29 is 9.53 Å². The van der Waals surface area contributed by atoms with Crippen LogP contribution in [0.15, 0.2) is 35.8 Å². The van der Waals surface area contributed by atoms with Crippen molar-refractivity contribution in [1.29, 1.82) is 0 Å². The van der Waals surface area contributed by atoms with Gasteiger partial charge in [-0.05, 0) is 30.0 Å². The van der Waals surface area contributed by atoms with E-state index in [9.17, 15) is 4.79 Å². The van der Waals surface area contributed by atoms with Crippen molar-refractivity contribution in [3.8, 4) is 5.75 Å². The van der Waals surface area contributed by atoms with Gasteiger partial charge in [-0.15, -0.1) is 11.3 Å². The Hall–Kier alpha value is -2.08. The Kier molecular flexibility index (Phi) is 4.14. The van der Waals surface area contributed by atoms with Gasteiger partial charge in [0.1, 0.15) is 5.75 Å². The second-order valence-electron chi connectivity index (χ2n) is 6.35. The van der Waals surface area contributed by atoms with Crippen LogP contribution in [0.25, 0.3) is 0 Å². The fourth-order valence-electron chi connectivity index (χ4n) is 3.41. The van der Waals surface area contributed by atoms with E-state index < -0.39 is 0 Å². The monoisotopic (exact) mass is 343 g/mol. The lowest BCUT2D eigenvalue weighted by atomic mass is 10.1. The van der Waals surface area contributed by atoms with Crippen molar-refractivity contribution in [1.82, 2.24) is 9.88 Å². The third-order valence-electron chi connectivity index (χ3n) is 4.93. The minimum absolute atomic E-state index is 0.157. The van der Waals surface area contributed by atoms with Crippen LogP contribution in [0.5, 0.6) is 5.75 Å². The molecule has 2 atom stereocenters. The number of carbonyl (C=O) groups is 1. The molecule has 0 bridgehead atoms. The van der Waals surface area contributed by atoms with Gasteiger partial charge < -0.3 is 14.5 Å². The number of aromatic nitrogens is 1. The van der Waals surface area contributed by atoms with Gasteiger partial charge in [-0.1, -0.05) is 12.1 Å². The fraction of sp³-hybridized carbons (Fsp3) is 0.444. The molecular formula is C18H21N3O2S. The number of piperazine rings is 1. The van der Waals surface area contributed by atoms with Gasteiger partial charge in [0.2, 0.25) is 5.91 Å². The highest BCUT2D eigenvalue weighted by Gasteiger charge is 2.46. The Labute approximate surface area is 145 Å². The normalized spacial score (nSPS) is 23.2. The summed E-state index contributed by atoms with van der Waals surface area (Å²) >= 11 is 1.66. The summed E-state index contributed by atoms with van der Waals surface area (Å²) in [5, 5.41) is 3.06. The van der Waals surface area contributed by atoms with E-state index >= 15 is 0 Å². The Morgan fingerprint density at radius 1 is 1.21 bits per heavy atom. The number of anilines is 1. The molecule has 2 heterocycles. The summed E-state index contributed by atoms with van der Waals surface area (Å²) in [6, 6.07) is 8.11. The summed E-state index contributed by atoms with van der Waals surface area (Å²) in [5.41, 5.74) is 1.25. The predicted molar refractivity (Wildman–Crippen MR) is 94.7 cm³/mol. The molecule has 5 nitrogen and oxygen atoms in total. The molecule has 24 heavy (non-hydrogen) atoms. The molecule has 2 aromatic rings. The molecule has 1 aromatic heterocycles. The van der Waals surface area contributed by atoms with Crippen LogP contribution < -0.4 is 9.64 Å². The zero-order valence-corrected chi connectivity index (χ0v) is 14.5. The number of amides is 1. The van der Waals surface area contributed by atoms with E-state index in [2.05, 4.69) is 22.0 Å². The molecule has 0 N–H and O–H groups in total. The van der Waals surface area contributed by atoms with Crippen molar-refractivity contribution in [2.45, 2.75) is 12.3 Å². The van der Waals surface area contributed by atoms with E-state index in [0.717, 1.165) is 43.5 Å². The number of carbonyl (C=O) groups excluding carboxylic acids is 1. The summed E-state index contributed by atoms with van der Waals surface area (Å²) < 4.78 is 5.20. The van der Waals surface area contributed by atoms with Crippen LogP contribution in [0.3, 0.4) is 0 Å². The average molecular weight is 343 g/mol. The van der Waals surface area contributed by atoms with Gasteiger partial charge in [-0.3, -0.25) is 4.79 Å². The Balaban J connectivity index is 1.32. The molecular weight excluding hydrogens is 322 g/mol. The van der Waals surface area contributed by atoms with Crippen molar-refractivity contribution in [2.75, 3.05) is 38.2 Å². The highest BCUT2D eigenvalue weighted by molar-refractivity contribution is 7.13. The van der Waals surface area contributed by atoms with Crippen LogP contribution in [0.1, 0.15) is 17.9 Å². The number of ether oxygens (including phenoxy) is 1. The van der Waals surface area contributed by atoms with Crippen LogP contribution in [-0.4, -0.2) is 49.1 Å². The van der Waals surface area contributed by atoms with Crippen LogP contribution >= 0.6 is 11.3 Å². The maximum absolute atomic E-state index is 12.7. The molecule has 4 rings (SSSR count). The molecule has 6 heteroatoms. The first kappa shape index (κ1) is 15.4. The van der Waals surface area contributed by atoms with Crippen LogP contribution in [-0.2, 0) is 4.79 Å². The maximum Gasteiger partial charge on any atom is 0.226 e. The van der Waals surface area contributed by atoms with E-state index in [-0.39, 0.29) is 5.92 Å². The number of benzene rings is 1. The summed E-state index contributed by atoms with van der Waals surface area (Å²) in [6.07, 6.45) is 2.80. The fourth-order valence-corrected chi connectivity index (χ4v) is 4.11. The van der Waals surface area contributed by atoms with E-state index in [1.807, 2.05) is 28.6 Å². The zero-order chi connectivity index (χ0) is 16.5. The molecule has 2 aliphatic rings. The lowest BCUT2D eigenvalue weighted by Crippen LogP contribution is -2.49. The number of hydrogen-bond acceptors (Lipinski definition) is 5. The Bertz CT molecular complexity index is 694. The molecule has 1 aromatic carbocycles. The van der Waals surface area contributed by atoms with Crippen LogP contribution in [0, 0.1) is 5.92 Å². The molecule has 1 aliphatic heterocycles. The highest BCUT2D eigenvalue weighted by atomic mass is 32.1. The number of methoxy groups -OCH3 is 1. The van der Waals surface area contributed by atoms with Gasteiger partial charge in [0, 0.05) is 43.7 Å². The van der Waals surface area contributed by atoms with Gasteiger partial charge in [0.05, 0.1) is 7.11 Å². The van der Waals surface area contributed by atoms with Crippen molar-refractivity contribution >= 4 is 22.4 Å². The Morgan fingerprint density at radius 2 is 1.96 bits per heavy atom. The number of hydrogen-bond donors (Lipinski definition) is 0. The molecule has 1 amide bonds. The van der Waals surface area contributed by atoms with E-state index in [1.165, 1.54) is 5.56 Å². The first-order chi connectivity index (χ1) is 11.8. The summed E-state index contributed by atoms with van der Waals surface area (Å²) in [5.74, 6) is 1.71. The lowest BCUT2D eigenvalue weighted by Gasteiger charge is -2.34. The molecule has 2 unspecified atom stereocenters. The van der Waals surface area contributed by atoms with Gasteiger partial charge in [-0.2, -0.15) is 0 Å². The summed E-state index contributed by atoms with van der Waals surface area (Å²) in [7, 11) is 1.67. The average Bonchev–Trinajstić information content (AvgIpc) is 3.25. The molecule has 126 valence electrons. The van der Waals surface area contributed by atoms with Crippen molar-refractivity contribution in [3.05, 3.63) is 41.4 Å². The first-order valence-corrected chi connectivity index (χ1v) is 9.21. The number of rotatable bonds is 4. The van der Waals surface area contributed by atoms with Crippen molar-refractivity contribution in [2.24, 2.45) is 5.92 Å². The molecule has 1 saturated heterocycles. The van der Waals surface area contributed by atoms with E-state index in [1.54, 1.807) is 18.4 Å². The third kappa shape index (κ3) is 2.98. The maximum atomic E-state index is 12.7. The molecule has 0 radical (unpaired) electrons. The third-order valence-corrected chi connectivity index (χ3v) is 5.76. The minimum Gasteiger partial charge on any atom is -0.497 e. The van der Waals surface area contributed by atoms with Crippen LogP contribution in [0.2, 0.25) is 0 Å². The molecule has 1 aliphatic carbocycles. The second kappa shape index (κ2) is 6.43.